The van der Waals surface area contributed by atoms with Gasteiger partial charge in [0, 0.05) is 6.42 Å². The predicted molar refractivity (Wildman–Crippen MR) is 125 cm³/mol. The van der Waals surface area contributed by atoms with Gasteiger partial charge < -0.3 is 9.47 Å². The molecule has 0 aromatic heterocycles. The van der Waals surface area contributed by atoms with Crippen molar-refractivity contribution in [3.63, 3.8) is 0 Å². The lowest BCUT2D eigenvalue weighted by molar-refractivity contribution is -0.174. The van der Waals surface area contributed by atoms with Crippen LogP contribution in [0.15, 0.2) is 48.6 Å². The average Bonchev–Trinajstić information content (AvgIpc) is 2.70. The molecule has 0 aliphatic rings. The van der Waals surface area contributed by atoms with Gasteiger partial charge in [0.1, 0.15) is 0 Å². The van der Waals surface area contributed by atoms with Crippen LogP contribution >= 0.6 is 0 Å². The molecule has 3 nitrogen and oxygen atoms in total. The number of allylic oxidation sites excluding steroid dienone is 8. The van der Waals surface area contributed by atoms with Gasteiger partial charge in [0.15, 0.2) is 6.29 Å². The Hall–Kier alpha value is -1.61. The Kier molecular flexibility index (Phi) is 21.4. The highest BCUT2D eigenvalue weighted by atomic mass is 16.7. The number of unbranched alkanes of at least 4 members (excludes halogenated alkanes) is 5. The van der Waals surface area contributed by atoms with Gasteiger partial charge in [-0.15, -0.1) is 0 Å². The largest absolute Gasteiger partial charge is 0.436 e. The van der Waals surface area contributed by atoms with E-state index in [9.17, 15) is 4.79 Å². The molecular weight excluding hydrogens is 360 g/mol. The van der Waals surface area contributed by atoms with Gasteiger partial charge in [-0.25, -0.2) is 0 Å². The molecule has 0 rings (SSSR count). The van der Waals surface area contributed by atoms with Crippen LogP contribution in [-0.2, 0) is 14.3 Å². The molecule has 1 atom stereocenters. The summed E-state index contributed by atoms with van der Waals surface area (Å²) >= 11 is 0. The third-order valence-electron chi connectivity index (χ3n) is 4.36. The topological polar surface area (TPSA) is 35.5 Å². The summed E-state index contributed by atoms with van der Waals surface area (Å²) in [4.78, 5) is 11.7. The van der Waals surface area contributed by atoms with Crippen LogP contribution in [0.2, 0.25) is 0 Å². The Bertz CT molecular complexity index is 474. The fourth-order valence-electron chi connectivity index (χ4n) is 2.60. The SMILES string of the molecule is CCCCCC=CCC=CCC=CCC=CCCCC(=O)OC(C)OCCCC. The number of esters is 1. The van der Waals surface area contributed by atoms with Gasteiger partial charge in [0.05, 0.1) is 6.61 Å². The summed E-state index contributed by atoms with van der Waals surface area (Å²) in [5.41, 5.74) is 0. The van der Waals surface area contributed by atoms with E-state index >= 15 is 0 Å². The lowest BCUT2D eigenvalue weighted by Gasteiger charge is -2.13. The molecule has 0 N–H and O–H groups in total. The Morgan fingerprint density at radius 1 is 0.724 bits per heavy atom. The van der Waals surface area contributed by atoms with Gasteiger partial charge in [-0.3, -0.25) is 4.79 Å². The van der Waals surface area contributed by atoms with Crippen molar-refractivity contribution in [2.24, 2.45) is 0 Å². The normalized spacial score (nSPS) is 13.3. The minimum atomic E-state index is -0.439. The van der Waals surface area contributed by atoms with Crippen molar-refractivity contribution >= 4 is 5.97 Å². The van der Waals surface area contributed by atoms with Gasteiger partial charge in [0.2, 0.25) is 0 Å². The van der Waals surface area contributed by atoms with E-state index in [1.165, 1.54) is 25.7 Å². The van der Waals surface area contributed by atoms with Crippen LogP contribution in [0.5, 0.6) is 0 Å². The number of carbonyl (C=O) groups excluding carboxylic acids is 1. The summed E-state index contributed by atoms with van der Waals surface area (Å²) < 4.78 is 10.6. The van der Waals surface area contributed by atoms with E-state index in [1.54, 1.807) is 6.92 Å². The first kappa shape index (κ1) is 27.4. The summed E-state index contributed by atoms with van der Waals surface area (Å²) in [6, 6.07) is 0. The van der Waals surface area contributed by atoms with E-state index in [-0.39, 0.29) is 5.97 Å². The molecular formula is C26H44O3. The number of ether oxygens (including phenoxy) is 2. The molecule has 0 saturated carbocycles. The zero-order valence-corrected chi connectivity index (χ0v) is 19.1. The fraction of sp³-hybridized carbons (Fsp3) is 0.654. The summed E-state index contributed by atoms with van der Waals surface area (Å²) in [5.74, 6) is -0.176. The highest BCUT2D eigenvalue weighted by Gasteiger charge is 2.08. The average molecular weight is 405 g/mol. The highest BCUT2D eigenvalue weighted by Crippen LogP contribution is 2.04. The van der Waals surface area contributed by atoms with E-state index in [1.807, 2.05) is 0 Å². The van der Waals surface area contributed by atoms with Crippen molar-refractivity contribution in [1.29, 1.82) is 0 Å². The highest BCUT2D eigenvalue weighted by molar-refractivity contribution is 5.69. The molecule has 29 heavy (non-hydrogen) atoms. The smallest absolute Gasteiger partial charge is 0.308 e. The van der Waals surface area contributed by atoms with E-state index in [4.69, 9.17) is 9.47 Å². The van der Waals surface area contributed by atoms with Crippen LogP contribution in [-0.4, -0.2) is 18.9 Å². The van der Waals surface area contributed by atoms with E-state index in [0.29, 0.717) is 13.0 Å². The van der Waals surface area contributed by atoms with Gasteiger partial charge >= 0.3 is 5.97 Å². The van der Waals surface area contributed by atoms with Gasteiger partial charge in [-0.2, -0.15) is 0 Å². The van der Waals surface area contributed by atoms with Crippen molar-refractivity contribution < 1.29 is 14.3 Å². The van der Waals surface area contributed by atoms with E-state index in [2.05, 4.69) is 62.5 Å². The number of hydrogen-bond donors (Lipinski definition) is 0. The van der Waals surface area contributed by atoms with Crippen molar-refractivity contribution in [1.82, 2.24) is 0 Å². The third kappa shape index (κ3) is 22.5. The second kappa shape index (κ2) is 22.7. The quantitative estimate of drug-likeness (QED) is 0.0952. The third-order valence-corrected chi connectivity index (χ3v) is 4.36. The summed E-state index contributed by atoms with van der Waals surface area (Å²) in [6.07, 6.45) is 29.6. The van der Waals surface area contributed by atoms with Crippen molar-refractivity contribution in [3.05, 3.63) is 48.6 Å². The first-order valence-electron chi connectivity index (χ1n) is 11.6. The van der Waals surface area contributed by atoms with Crippen LogP contribution in [0, 0.1) is 0 Å². The second-order valence-electron chi connectivity index (χ2n) is 7.26. The molecule has 0 aromatic rings. The minimum Gasteiger partial charge on any atom is -0.436 e. The number of carbonyl (C=O) groups is 1. The Morgan fingerprint density at radius 3 is 1.79 bits per heavy atom. The molecule has 0 radical (unpaired) electrons. The second-order valence-corrected chi connectivity index (χ2v) is 7.26. The van der Waals surface area contributed by atoms with Crippen molar-refractivity contribution in [2.75, 3.05) is 6.61 Å². The number of rotatable bonds is 19. The molecule has 0 aliphatic heterocycles. The maximum atomic E-state index is 11.7. The molecule has 0 heterocycles. The van der Waals surface area contributed by atoms with E-state index < -0.39 is 6.29 Å². The summed E-state index contributed by atoms with van der Waals surface area (Å²) in [5, 5.41) is 0. The Morgan fingerprint density at radius 2 is 1.24 bits per heavy atom. The maximum Gasteiger partial charge on any atom is 0.308 e. The lowest BCUT2D eigenvalue weighted by atomic mass is 10.2. The lowest BCUT2D eigenvalue weighted by Crippen LogP contribution is -2.18. The monoisotopic (exact) mass is 404 g/mol. The molecule has 0 bridgehead atoms. The fourth-order valence-corrected chi connectivity index (χ4v) is 2.60. The minimum absolute atomic E-state index is 0.176. The molecule has 0 amide bonds. The van der Waals surface area contributed by atoms with Crippen molar-refractivity contribution in [3.8, 4) is 0 Å². The summed E-state index contributed by atoms with van der Waals surface area (Å²) in [6.45, 7) is 6.77. The Labute approximate surface area is 179 Å². The molecule has 3 heteroatoms. The maximum absolute atomic E-state index is 11.7. The molecule has 0 aromatic carbocycles. The molecule has 0 spiro atoms. The molecule has 1 unspecified atom stereocenters. The van der Waals surface area contributed by atoms with Gasteiger partial charge in [0.25, 0.3) is 0 Å². The van der Waals surface area contributed by atoms with E-state index in [0.717, 1.165) is 44.9 Å². The molecule has 0 fully saturated rings. The zero-order chi connectivity index (χ0) is 21.4. The van der Waals surface area contributed by atoms with Gasteiger partial charge in [-0.05, 0) is 58.3 Å². The molecule has 0 aliphatic carbocycles. The first-order valence-corrected chi connectivity index (χ1v) is 11.6. The zero-order valence-electron chi connectivity index (χ0n) is 19.1. The van der Waals surface area contributed by atoms with Crippen LogP contribution in [0.1, 0.15) is 97.8 Å². The van der Waals surface area contributed by atoms with Crippen molar-refractivity contribution in [2.45, 2.75) is 104 Å². The molecule has 166 valence electrons. The summed E-state index contributed by atoms with van der Waals surface area (Å²) in [7, 11) is 0. The van der Waals surface area contributed by atoms with Crippen LogP contribution < -0.4 is 0 Å². The predicted octanol–water partition coefficient (Wildman–Crippen LogP) is 7.84. The van der Waals surface area contributed by atoms with Crippen LogP contribution in [0.25, 0.3) is 0 Å². The first-order chi connectivity index (χ1) is 14.2. The van der Waals surface area contributed by atoms with Gasteiger partial charge in [-0.1, -0.05) is 81.7 Å². The van der Waals surface area contributed by atoms with Crippen LogP contribution in [0.3, 0.4) is 0 Å². The van der Waals surface area contributed by atoms with Crippen LogP contribution in [0.4, 0.5) is 0 Å². The molecule has 0 saturated heterocycles. The number of hydrogen-bond acceptors (Lipinski definition) is 3. The standard InChI is InChI=1S/C26H44O3/c1-4-6-8-9-10-11-12-13-14-15-16-17-18-19-20-21-22-23-26(27)29-25(3)28-24-7-5-2/h10-11,13-14,16-17,19-20,25H,4-9,12,15,18,21-24H2,1-3H3. The Balaban J connectivity index is 3.54.